The van der Waals surface area contributed by atoms with Gasteiger partial charge in [0.1, 0.15) is 5.82 Å². The van der Waals surface area contributed by atoms with Crippen molar-refractivity contribution in [2.45, 2.75) is 13.8 Å². The summed E-state index contributed by atoms with van der Waals surface area (Å²) < 4.78 is 13.6. The Morgan fingerprint density at radius 3 is 2.67 bits per heavy atom. The van der Waals surface area contributed by atoms with Crippen LogP contribution in [-0.2, 0) is 0 Å². The number of nitrogens with zero attached hydrogens (tertiary/aromatic N) is 1. The highest BCUT2D eigenvalue weighted by atomic mass is 79.9. The fourth-order valence-electron chi connectivity index (χ4n) is 1.65. The third-order valence-corrected chi connectivity index (χ3v) is 3.55. The van der Waals surface area contributed by atoms with Gasteiger partial charge in [-0.05, 0) is 40.0 Å². The summed E-state index contributed by atoms with van der Waals surface area (Å²) in [6, 6.07) is 4.43. The average Bonchev–Trinajstić information content (AvgIpc) is 2.31. The summed E-state index contributed by atoms with van der Waals surface area (Å²) in [6.45, 7) is 4.97. The molecule has 0 unspecified atom stereocenters. The molecule has 1 rings (SSSR count). The van der Waals surface area contributed by atoms with E-state index in [-0.39, 0.29) is 15.8 Å². The van der Waals surface area contributed by atoms with Gasteiger partial charge in [0.05, 0.1) is 10.0 Å². The number of nitrogens with two attached hydrogens (primary N) is 1. The van der Waals surface area contributed by atoms with Crippen LogP contribution in [0.15, 0.2) is 22.7 Å². The predicted octanol–water partition coefficient (Wildman–Crippen LogP) is 2.65. The number of halogens is 2. The van der Waals surface area contributed by atoms with Gasteiger partial charge in [0.2, 0.25) is 0 Å². The first kappa shape index (κ1) is 15.1. The first-order valence-corrected chi connectivity index (χ1v) is 6.47. The summed E-state index contributed by atoms with van der Waals surface area (Å²) in [7, 11) is 1.69. The Kier molecular flexibility index (Phi) is 4.87. The SMILES string of the molecule is CN(CC(C)(C)CN)C(=O)c1cccc(F)c1Br. The lowest BCUT2D eigenvalue weighted by Gasteiger charge is -2.29. The normalized spacial score (nSPS) is 11.4. The lowest BCUT2D eigenvalue weighted by molar-refractivity contribution is 0.0739. The van der Waals surface area contributed by atoms with Crippen molar-refractivity contribution in [2.75, 3.05) is 20.1 Å². The van der Waals surface area contributed by atoms with Gasteiger partial charge in [0, 0.05) is 13.6 Å². The Labute approximate surface area is 115 Å². The lowest BCUT2D eigenvalue weighted by Crippen LogP contribution is -2.39. The fourth-order valence-corrected chi connectivity index (χ4v) is 2.09. The second-order valence-electron chi connectivity index (χ2n) is 5.13. The number of amides is 1. The standard InChI is InChI=1S/C13H18BrFN2O/c1-13(2,7-16)8-17(3)12(18)9-5-4-6-10(15)11(9)14/h4-6H,7-8,16H2,1-3H3. The van der Waals surface area contributed by atoms with Crippen molar-refractivity contribution in [1.29, 1.82) is 0 Å². The molecule has 5 heteroatoms. The molecule has 0 saturated heterocycles. The van der Waals surface area contributed by atoms with Crippen LogP contribution >= 0.6 is 15.9 Å². The van der Waals surface area contributed by atoms with Crippen LogP contribution in [0.5, 0.6) is 0 Å². The van der Waals surface area contributed by atoms with Gasteiger partial charge in [-0.15, -0.1) is 0 Å². The zero-order valence-corrected chi connectivity index (χ0v) is 12.4. The van der Waals surface area contributed by atoms with Gasteiger partial charge in [-0.3, -0.25) is 4.79 Å². The average molecular weight is 317 g/mol. The molecule has 0 saturated carbocycles. The first-order chi connectivity index (χ1) is 8.28. The van der Waals surface area contributed by atoms with Gasteiger partial charge < -0.3 is 10.6 Å². The minimum absolute atomic E-state index is 0.162. The van der Waals surface area contributed by atoms with Crippen LogP contribution in [0.1, 0.15) is 24.2 Å². The molecule has 3 nitrogen and oxygen atoms in total. The van der Waals surface area contributed by atoms with Crippen LogP contribution in [0.3, 0.4) is 0 Å². The van der Waals surface area contributed by atoms with E-state index in [1.54, 1.807) is 18.0 Å². The predicted molar refractivity (Wildman–Crippen MR) is 73.9 cm³/mol. The smallest absolute Gasteiger partial charge is 0.254 e. The van der Waals surface area contributed by atoms with Gasteiger partial charge in [-0.2, -0.15) is 0 Å². The van der Waals surface area contributed by atoms with E-state index in [0.29, 0.717) is 18.7 Å². The molecule has 0 radical (unpaired) electrons. The quantitative estimate of drug-likeness (QED) is 0.928. The van der Waals surface area contributed by atoms with E-state index in [2.05, 4.69) is 15.9 Å². The second-order valence-corrected chi connectivity index (χ2v) is 5.92. The maximum atomic E-state index is 13.4. The van der Waals surface area contributed by atoms with Crippen LogP contribution in [0.2, 0.25) is 0 Å². The topological polar surface area (TPSA) is 46.3 Å². The Morgan fingerprint density at radius 1 is 1.50 bits per heavy atom. The Hall–Kier alpha value is -0.940. The third kappa shape index (κ3) is 3.53. The summed E-state index contributed by atoms with van der Waals surface area (Å²) in [5.74, 6) is -0.657. The molecular formula is C13H18BrFN2O. The van der Waals surface area contributed by atoms with Crippen molar-refractivity contribution in [2.24, 2.45) is 11.1 Å². The summed E-state index contributed by atoms with van der Waals surface area (Å²) in [6.07, 6.45) is 0. The van der Waals surface area contributed by atoms with Gasteiger partial charge in [-0.1, -0.05) is 19.9 Å². The van der Waals surface area contributed by atoms with Crippen LogP contribution in [0.4, 0.5) is 4.39 Å². The van der Waals surface area contributed by atoms with E-state index < -0.39 is 5.82 Å². The monoisotopic (exact) mass is 316 g/mol. The van der Waals surface area contributed by atoms with Crippen molar-refractivity contribution in [1.82, 2.24) is 4.90 Å². The molecule has 2 N–H and O–H groups in total. The fraction of sp³-hybridized carbons (Fsp3) is 0.462. The summed E-state index contributed by atoms with van der Waals surface area (Å²) in [4.78, 5) is 13.8. The highest BCUT2D eigenvalue weighted by Gasteiger charge is 2.23. The molecule has 0 aliphatic carbocycles. The van der Waals surface area contributed by atoms with Gasteiger partial charge in [0.15, 0.2) is 0 Å². The number of benzene rings is 1. The van der Waals surface area contributed by atoms with E-state index in [0.717, 1.165) is 0 Å². The van der Waals surface area contributed by atoms with E-state index in [1.165, 1.54) is 12.1 Å². The molecule has 1 aromatic carbocycles. The molecule has 0 aliphatic rings. The van der Waals surface area contributed by atoms with Crippen molar-refractivity contribution < 1.29 is 9.18 Å². The van der Waals surface area contributed by atoms with E-state index in [1.807, 2.05) is 13.8 Å². The van der Waals surface area contributed by atoms with Crippen LogP contribution < -0.4 is 5.73 Å². The molecule has 0 aliphatic heterocycles. The van der Waals surface area contributed by atoms with Crippen molar-refractivity contribution >= 4 is 21.8 Å². The molecule has 0 bridgehead atoms. The van der Waals surface area contributed by atoms with Crippen LogP contribution in [0.25, 0.3) is 0 Å². The molecule has 0 atom stereocenters. The molecule has 100 valence electrons. The van der Waals surface area contributed by atoms with E-state index in [4.69, 9.17) is 5.73 Å². The Morgan fingerprint density at radius 2 is 2.11 bits per heavy atom. The van der Waals surface area contributed by atoms with Gasteiger partial charge in [0.25, 0.3) is 5.91 Å². The number of rotatable bonds is 4. The molecular weight excluding hydrogens is 299 g/mol. The Bertz CT molecular complexity index is 449. The lowest BCUT2D eigenvalue weighted by atomic mass is 9.93. The van der Waals surface area contributed by atoms with Crippen molar-refractivity contribution in [3.63, 3.8) is 0 Å². The largest absolute Gasteiger partial charge is 0.341 e. The first-order valence-electron chi connectivity index (χ1n) is 5.68. The zero-order chi connectivity index (χ0) is 13.9. The summed E-state index contributed by atoms with van der Waals surface area (Å²) in [5.41, 5.74) is 5.80. The van der Waals surface area contributed by atoms with Gasteiger partial charge >= 0.3 is 0 Å². The zero-order valence-electron chi connectivity index (χ0n) is 10.8. The maximum Gasteiger partial charge on any atom is 0.254 e. The molecule has 0 heterocycles. The second kappa shape index (κ2) is 5.80. The molecule has 0 fully saturated rings. The number of hydrogen-bond acceptors (Lipinski definition) is 2. The Balaban J connectivity index is 2.91. The van der Waals surface area contributed by atoms with Gasteiger partial charge in [-0.25, -0.2) is 4.39 Å². The van der Waals surface area contributed by atoms with Crippen molar-refractivity contribution in [3.8, 4) is 0 Å². The molecule has 1 aromatic rings. The molecule has 0 spiro atoms. The minimum Gasteiger partial charge on any atom is -0.341 e. The van der Waals surface area contributed by atoms with E-state index in [9.17, 15) is 9.18 Å². The summed E-state index contributed by atoms with van der Waals surface area (Å²) in [5, 5.41) is 0. The molecule has 0 aromatic heterocycles. The minimum atomic E-state index is -0.438. The highest BCUT2D eigenvalue weighted by molar-refractivity contribution is 9.10. The maximum absolute atomic E-state index is 13.4. The van der Waals surface area contributed by atoms with Crippen molar-refractivity contribution in [3.05, 3.63) is 34.1 Å². The van der Waals surface area contributed by atoms with E-state index >= 15 is 0 Å². The number of carbonyl (C=O) groups excluding carboxylic acids is 1. The highest BCUT2D eigenvalue weighted by Crippen LogP contribution is 2.23. The third-order valence-electron chi connectivity index (χ3n) is 2.75. The molecule has 18 heavy (non-hydrogen) atoms. The number of carbonyl (C=O) groups is 1. The van der Waals surface area contributed by atoms with Crippen LogP contribution in [-0.4, -0.2) is 30.9 Å². The summed E-state index contributed by atoms with van der Waals surface area (Å²) >= 11 is 3.10. The number of hydrogen-bond donors (Lipinski definition) is 1. The van der Waals surface area contributed by atoms with Crippen LogP contribution in [0, 0.1) is 11.2 Å². The molecule has 1 amide bonds.